The SMILES string of the molecule is CCCN1C(=O)[C@@H]2[C@@H](CC(COc3ccccc3)=C3[C@@H](CC/C(=C/c4ccccc4O)c4ccccc4)OB(O)C[C@@H]32)C1=O. The third kappa shape index (κ3) is 6.10. The maximum Gasteiger partial charge on any atom is 0.455 e. The number of hydrogen-bond acceptors (Lipinski definition) is 6. The average molecular weight is 592 g/mol. The van der Waals surface area contributed by atoms with E-state index < -0.39 is 25.1 Å². The summed E-state index contributed by atoms with van der Waals surface area (Å²) < 4.78 is 12.5. The predicted octanol–water partition coefficient (Wildman–Crippen LogP) is 6.00. The minimum atomic E-state index is -1.05. The monoisotopic (exact) mass is 591 g/mol. The van der Waals surface area contributed by atoms with Crippen LogP contribution in [-0.4, -0.2) is 53.2 Å². The zero-order valence-electron chi connectivity index (χ0n) is 25.0. The van der Waals surface area contributed by atoms with Gasteiger partial charge in [-0.25, -0.2) is 0 Å². The molecule has 3 aromatic rings. The number of phenols is 1. The summed E-state index contributed by atoms with van der Waals surface area (Å²) in [6, 6.07) is 26.8. The second-order valence-corrected chi connectivity index (χ2v) is 11.9. The number of likely N-dealkylation sites (tertiary alicyclic amines) is 1. The van der Waals surface area contributed by atoms with E-state index in [1.54, 1.807) is 12.1 Å². The standard InChI is InChI=1S/C36H38BNO6/c1-2-19-38-35(40)29-21-27(23-43-28-14-7-4-8-15-28)33-30(34(29)36(38)41)22-37(42)44-32(33)18-17-25(24-11-5-3-6-12-24)20-26-13-9-10-16-31(26)39/h3-16,20,29-30,32,34,39,42H,2,17-19,21-23H2,1H3/b25-20-/t29-,30+,32-,34-/m1/s1. The minimum Gasteiger partial charge on any atom is -0.507 e. The van der Waals surface area contributed by atoms with Gasteiger partial charge in [-0.15, -0.1) is 0 Å². The van der Waals surface area contributed by atoms with Crippen molar-refractivity contribution in [3.05, 3.63) is 107 Å². The molecular weight excluding hydrogens is 553 g/mol. The van der Waals surface area contributed by atoms with Crippen LogP contribution in [0.5, 0.6) is 11.5 Å². The lowest BCUT2D eigenvalue weighted by Gasteiger charge is -2.43. The molecule has 2 saturated heterocycles. The van der Waals surface area contributed by atoms with E-state index in [0.29, 0.717) is 32.2 Å². The molecular formula is C36H38BNO6. The number of imide groups is 1. The van der Waals surface area contributed by atoms with Crippen LogP contribution in [0.1, 0.15) is 43.7 Å². The van der Waals surface area contributed by atoms with Gasteiger partial charge in [0, 0.05) is 12.1 Å². The van der Waals surface area contributed by atoms with Gasteiger partial charge >= 0.3 is 7.12 Å². The Bertz CT molecular complexity index is 1560. The summed E-state index contributed by atoms with van der Waals surface area (Å²) in [5.74, 6) is -0.589. The number of aromatic hydroxyl groups is 1. The molecule has 2 amide bonds. The first-order valence-electron chi connectivity index (χ1n) is 15.6. The van der Waals surface area contributed by atoms with E-state index in [1.807, 2.05) is 85.8 Å². The summed E-state index contributed by atoms with van der Waals surface area (Å²) in [4.78, 5) is 28.6. The number of allylic oxidation sites excluding steroid dienone is 1. The maximum atomic E-state index is 13.7. The second-order valence-electron chi connectivity index (χ2n) is 11.9. The van der Waals surface area contributed by atoms with Gasteiger partial charge in [0.1, 0.15) is 18.1 Å². The van der Waals surface area contributed by atoms with Gasteiger partial charge in [0.05, 0.1) is 17.9 Å². The zero-order valence-corrected chi connectivity index (χ0v) is 25.0. The van der Waals surface area contributed by atoms with Gasteiger partial charge < -0.3 is 19.5 Å². The number of phenolic OH excluding ortho intramolecular Hbond substituents is 1. The van der Waals surface area contributed by atoms with Crippen molar-refractivity contribution in [1.29, 1.82) is 0 Å². The number of amides is 2. The first kappa shape index (κ1) is 29.9. The summed E-state index contributed by atoms with van der Waals surface area (Å²) in [5, 5.41) is 21.5. The lowest BCUT2D eigenvalue weighted by molar-refractivity contribution is -0.140. The van der Waals surface area contributed by atoms with E-state index >= 15 is 0 Å². The first-order valence-corrected chi connectivity index (χ1v) is 15.6. The number of nitrogens with zero attached hydrogens (tertiary/aromatic N) is 1. The highest BCUT2D eigenvalue weighted by Crippen LogP contribution is 2.51. The van der Waals surface area contributed by atoms with Crippen LogP contribution in [0.3, 0.4) is 0 Å². The quantitative estimate of drug-likeness (QED) is 0.130. The summed E-state index contributed by atoms with van der Waals surface area (Å²) in [6.45, 7) is 2.65. The number of para-hydroxylation sites is 2. The van der Waals surface area contributed by atoms with E-state index in [1.165, 1.54) is 4.90 Å². The number of ether oxygens (including phenoxy) is 1. The molecule has 6 rings (SSSR count). The van der Waals surface area contributed by atoms with Gasteiger partial charge in [-0.05, 0) is 84.5 Å². The van der Waals surface area contributed by atoms with E-state index in [2.05, 4.69) is 0 Å². The fraction of sp³-hybridized carbons (Fsp3) is 0.333. The molecule has 44 heavy (non-hydrogen) atoms. The van der Waals surface area contributed by atoms with Crippen molar-refractivity contribution in [3.63, 3.8) is 0 Å². The lowest BCUT2D eigenvalue weighted by Crippen LogP contribution is -2.46. The first-order chi connectivity index (χ1) is 21.4. The van der Waals surface area contributed by atoms with Crippen molar-refractivity contribution in [3.8, 4) is 11.5 Å². The van der Waals surface area contributed by atoms with E-state index in [-0.39, 0.29) is 36.4 Å². The molecule has 0 unspecified atom stereocenters. The average Bonchev–Trinajstić information content (AvgIpc) is 3.28. The molecule has 0 bridgehead atoms. The van der Waals surface area contributed by atoms with Crippen LogP contribution in [0, 0.1) is 17.8 Å². The Hall–Kier alpha value is -4.14. The van der Waals surface area contributed by atoms with E-state index in [9.17, 15) is 19.7 Å². The smallest absolute Gasteiger partial charge is 0.455 e. The fourth-order valence-corrected chi connectivity index (χ4v) is 7.13. The summed E-state index contributed by atoms with van der Waals surface area (Å²) in [5.41, 5.74) is 4.73. The van der Waals surface area contributed by atoms with E-state index in [4.69, 9.17) is 9.39 Å². The normalized spacial score (nSPS) is 23.5. The van der Waals surface area contributed by atoms with Gasteiger partial charge in [-0.1, -0.05) is 73.7 Å². The van der Waals surface area contributed by atoms with Crippen molar-refractivity contribution in [1.82, 2.24) is 4.90 Å². The van der Waals surface area contributed by atoms with Gasteiger partial charge in [0.2, 0.25) is 11.8 Å². The molecule has 8 heteroatoms. The maximum absolute atomic E-state index is 13.7. The molecule has 2 heterocycles. The molecule has 2 N–H and O–H groups in total. The number of carbonyl (C=O) groups is 2. The predicted molar refractivity (Wildman–Crippen MR) is 170 cm³/mol. The van der Waals surface area contributed by atoms with Crippen molar-refractivity contribution in [2.45, 2.75) is 45.0 Å². The molecule has 1 aliphatic carbocycles. The molecule has 3 aliphatic rings. The Morgan fingerprint density at radius 3 is 2.41 bits per heavy atom. The van der Waals surface area contributed by atoms with Crippen LogP contribution in [0.15, 0.2) is 96.1 Å². The van der Waals surface area contributed by atoms with Gasteiger partial charge in [0.15, 0.2) is 0 Å². The van der Waals surface area contributed by atoms with Gasteiger partial charge in [-0.3, -0.25) is 14.5 Å². The highest BCUT2D eigenvalue weighted by molar-refractivity contribution is 6.43. The van der Waals surface area contributed by atoms with Crippen LogP contribution in [0.4, 0.5) is 0 Å². The van der Waals surface area contributed by atoms with Crippen LogP contribution in [0.2, 0.25) is 6.32 Å². The van der Waals surface area contributed by atoms with Gasteiger partial charge in [0.25, 0.3) is 0 Å². The van der Waals surface area contributed by atoms with E-state index in [0.717, 1.165) is 33.6 Å². The number of fused-ring (bicyclic) bond motifs is 3. The van der Waals surface area contributed by atoms with Crippen LogP contribution < -0.4 is 4.74 Å². The second kappa shape index (κ2) is 13.2. The van der Waals surface area contributed by atoms with Gasteiger partial charge in [-0.2, -0.15) is 0 Å². The number of rotatable bonds is 10. The third-order valence-electron chi connectivity index (χ3n) is 9.09. The summed E-state index contributed by atoms with van der Waals surface area (Å²) in [7, 11) is -1.05. The van der Waals surface area contributed by atoms with Crippen molar-refractivity contribution in [2.24, 2.45) is 17.8 Å². The molecule has 0 spiro atoms. The van der Waals surface area contributed by atoms with Crippen molar-refractivity contribution >= 4 is 30.6 Å². The number of benzene rings is 3. The molecule has 226 valence electrons. The molecule has 2 fully saturated rings. The van der Waals surface area contributed by atoms with Crippen molar-refractivity contribution < 1.29 is 29.1 Å². The third-order valence-corrected chi connectivity index (χ3v) is 9.09. The molecule has 0 radical (unpaired) electrons. The molecule has 7 nitrogen and oxygen atoms in total. The fourth-order valence-electron chi connectivity index (χ4n) is 7.13. The zero-order chi connectivity index (χ0) is 30.6. The van der Waals surface area contributed by atoms with Crippen LogP contribution in [0.25, 0.3) is 11.6 Å². The minimum absolute atomic E-state index is 0.118. The molecule has 2 aliphatic heterocycles. The Morgan fingerprint density at radius 2 is 1.68 bits per heavy atom. The number of carbonyl (C=O) groups excluding carboxylic acids is 2. The molecule has 3 aromatic carbocycles. The lowest BCUT2D eigenvalue weighted by atomic mass is 9.58. The highest BCUT2D eigenvalue weighted by atomic mass is 16.5. The molecule has 0 saturated carbocycles. The van der Waals surface area contributed by atoms with Crippen LogP contribution in [-0.2, 0) is 14.2 Å². The highest BCUT2D eigenvalue weighted by Gasteiger charge is 2.57. The van der Waals surface area contributed by atoms with Crippen molar-refractivity contribution in [2.75, 3.05) is 13.2 Å². The Kier molecular flexibility index (Phi) is 9.00. The Balaban J connectivity index is 1.35. The topological polar surface area (TPSA) is 96.3 Å². The molecule has 0 aromatic heterocycles. The largest absolute Gasteiger partial charge is 0.507 e. The summed E-state index contributed by atoms with van der Waals surface area (Å²) in [6.07, 6.45) is 4.08. The Morgan fingerprint density at radius 1 is 0.977 bits per heavy atom. The summed E-state index contributed by atoms with van der Waals surface area (Å²) >= 11 is 0. The van der Waals surface area contributed by atoms with Crippen LogP contribution >= 0.6 is 0 Å². The Labute approximate surface area is 259 Å². The molecule has 4 atom stereocenters. The number of hydrogen-bond donors (Lipinski definition) is 2.